The molecule has 0 saturated carbocycles. The van der Waals surface area contributed by atoms with Gasteiger partial charge < -0.3 is 5.32 Å². The molecule has 4 heteroatoms. The fourth-order valence-corrected chi connectivity index (χ4v) is 2.82. The van der Waals surface area contributed by atoms with E-state index in [9.17, 15) is 0 Å². The number of hydrogen-bond acceptors (Lipinski definition) is 3. The van der Waals surface area contributed by atoms with Crippen LogP contribution in [0, 0.1) is 0 Å². The summed E-state index contributed by atoms with van der Waals surface area (Å²) in [4.78, 5) is 1.35. The van der Waals surface area contributed by atoms with E-state index in [0.717, 1.165) is 18.8 Å². The maximum Gasteiger partial charge on any atom is 0.0490 e. The lowest BCUT2D eigenvalue weighted by Gasteiger charge is -2.00. The molecule has 3 nitrogen and oxygen atoms in total. The van der Waals surface area contributed by atoms with Crippen molar-refractivity contribution in [3.63, 3.8) is 0 Å². The van der Waals surface area contributed by atoms with Crippen molar-refractivity contribution in [3.05, 3.63) is 64.6 Å². The van der Waals surface area contributed by atoms with Gasteiger partial charge in [-0.1, -0.05) is 30.3 Å². The Morgan fingerprint density at radius 2 is 1.95 bits per heavy atom. The molecule has 3 aromatic rings. The Hall–Kier alpha value is -1.91. The molecular formula is C15H15N3S. The largest absolute Gasteiger partial charge is 0.306 e. The van der Waals surface area contributed by atoms with Gasteiger partial charge in [0.15, 0.2) is 0 Å². The van der Waals surface area contributed by atoms with Crippen LogP contribution in [-0.2, 0) is 13.1 Å². The van der Waals surface area contributed by atoms with E-state index in [1.165, 1.54) is 16.0 Å². The van der Waals surface area contributed by atoms with Crippen molar-refractivity contribution in [2.75, 3.05) is 0 Å². The molecule has 0 atom stereocenters. The third-order valence-corrected chi connectivity index (χ3v) is 3.87. The predicted octanol–water partition coefficient (Wildman–Crippen LogP) is 3.43. The number of aromatic amines is 1. The maximum atomic E-state index is 3.93. The quantitative estimate of drug-likeness (QED) is 0.745. The van der Waals surface area contributed by atoms with Crippen LogP contribution in [0.15, 0.2) is 54.0 Å². The number of hydrogen-bond donors (Lipinski definition) is 2. The van der Waals surface area contributed by atoms with Crippen LogP contribution in [0.1, 0.15) is 10.6 Å². The van der Waals surface area contributed by atoms with Gasteiger partial charge in [-0.25, -0.2) is 0 Å². The van der Waals surface area contributed by atoms with Crippen LogP contribution < -0.4 is 5.32 Å². The van der Waals surface area contributed by atoms with Gasteiger partial charge in [0.1, 0.15) is 0 Å². The molecule has 2 N–H and O–H groups in total. The molecule has 0 amide bonds. The van der Waals surface area contributed by atoms with Gasteiger partial charge in [0, 0.05) is 29.9 Å². The van der Waals surface area contributed by atoms with Crippen molar-refractivity contribution < 1.29 is 0 Å². The van der Waals surface area contributed by atoms with Crippen LogP contribution in [-0.4, -0.2) is 10.2 Å². The predicted molar refractivity (Wildman–Crippen MR) is 78.9 cm³/mol. The molecule has 0 unspecified atom stereocenters. The van der Waals surface area contributed by atoms with E-state index in [-0.39, 0.29) is 0 Å². The zero-order valence-electron chi connectivity index (χ0n) is 10.5. The molecule has 96 valence electrons. The lowest BCUT2D eigenvalue weighted by molar-refractivity contribution is 0.684. The Balaban J connectivity index is 1.59. The Bertz CT molecular complexity index is 614. The summed E-state index contributed by atoms with van der Waals surface area (Å²) in [6.07, 6.45) is 1.77. The second-order valence-electron chi connectivity index (χ2n) is 4.35. The first-order valence-corrected chi connectivity index (χ1v) is 7.11. The van der Waals surface area contributed by atoms with Crippen LogP contribution in [0.2, 0.25) is 0 Å². The zero-order chi connectivity index (χ0) is 12.9. The van der Waals surface area contributed by atoms with Crippen molar-refractivity contribution in [2.24, 2.45) is 0 Å². The molecule has 0 aliphatic rings. The normalized spacial score (nSPS) is 10.7. The average Bonchev–Trinajstić information content (AvgIpc) is 3.11. The number of aromatic nitrogens is 2. The maximum absolute atomic E-state index is 3.93. The van der Waals surface area contributed by atoms with Crippen molar-refractivity contribution >= 4 is 11.3 Å². The smallest absolute Gasteiger partial charge is 0.0490 e. The van der Waals surface area contributed by atoms with E-state index in [4.69, 9.17) is 0 Å². The summed E-state index contributed by atoms with van der Waals surface area (Å²) >= 11 is 1.79. The number of nitrogens with one attached hydrogen (secondary N) is 2. The SMILES string of the molecule is c1ccc(-c2csc(CNCc3ccn[nH]3)c2)cc1. The molecule has 0 aliphatic heterocycles. The molecule has 0 bridgehead atoms. The van der Waals surface area contributed by atoms with Gasteiger partial charge in [-0.15, -0.1) is 11.3 Å². The molecule has 1 aromatic carbocycles. The van der Waals surface area contributed by atoms with Crippen LogP contribution >= 0.6 is 11.3 Å². The third-order valence-electron chi connectivity index (χ3n) is 2.93. The minimum absolute atomic E-state index is 0.818. The minimum Gasteiger partial charge on any atom is -0.306 e. The molecule has 2 heterocycles. The molecule has 19 heavy (non-hydrogen) atoms. The van der Waals surface area contributed by atoms with Crippen LogP contribution in [0.25, 0.3) is 11.1 Å². The number of nitrogens with zero attached hydrogens (tertiary/aromatic N) is 1. The summed E-state index contributed by atoms with van der Waals surface area (Å²) in [5.74, 6) is 0. The van der Waals surface area contributed by atoms with Crippen molar-refractivity contribution in [3.8, 4) is 11.1 Å². The van der Waals surface area contributed by atoms with Crippen LogP contribution in [0.4, 0.5) is 0 Å². The second-order valence-corrected chi connectivity index (χ2v) is 5.35. The Labute approximate surface area is 116 Å². The molecule has 0 radical (unpaired) electrons. The van der Waals surface area contributed by atoms with E-state index < -0.39 is 0 Å². The van der Waals surface area contributed by atoms with Crippen molar-refractivity contribution in [1.82, 2.24) is 15.5 Å². The molecule has 0 fully saturated rings. The van der Waals surface area contributed by atoms with Crippen LogP contribution in [0.5, 0.6) is 0 Å². The Morgan fingerprint density at radius 1 is 1.05 bits per heavy atom. The van der Waals surface area contributed by atoms with E-state index in [1.54, 1.807) is 17.5 Å². The minimum atomic E-state index is 0.818. The van der Waals surface area contributed by atoms with Gasteiger partial charge in [-0.2, -0.15) is 5.10 Å². The average molecular weight is 269 g/mol. The van der Waals surface area contributed by atoms with Gasteiger partial charge in [0.05, 0.1) is 0 Å². The van der Waals surface area contributed by atoms with Crippen molar-refractivity contribution in [1.29, 1.82) is 0 Å². The summed E-state index contributed by atoms with van der Waals surface area (Å²) in [6, 6.07) is 14.7. The molecule has 0 spiro atoms. The summed E-state index contributed by atoms with van der Waals surface area (Å²) in [5, 5.41) is 12.5. The lowest BCUT2D eigenvalue weighted by Crippen LogP contribution is -2.11. The summed E-state index contributed by atoms with van der Waals surface area (Å²) in [5.41, 5.74) is 3.68. The molecule has 2 aromatic heterocycles. The fourth-order valence-electron chi connectivity index (χ4n) is 1.96. The van der Waals surface area contributed by atoms with E-state index >= 15 is 0 Å². The van der Waals surface area contributed by atoms with E-state index in [0.29, 0.717) is 0 Å². The van der Waals surface area contributed by atoms with Gasteiger partial charge in [0.25, 0.3) is 0 Å². The standard InChI is InChI=1S/C15H15N3S/c1-2-4-12(5-3-1)13-8-15(19-11-13)10-16-9-14-6-7-17-18-14/h1-8,11,16H,9-10H2,(H,17,18). The van der Waals surface area contributed by atoms with Gasteiger partial charge >= 0.3 is 0 Å². The van der Waals surface area contributed by atoms with Gasteiger partial charge in [-0.3, -0.25) is 5.10 Å². The summed E-state index contributed by atoms with van der Waals surface area (Å²) in [6.45, 7) is 1.70. The number of benzene rings is 1. The Morgan fingerprint density at radius 3 is 2.74 bits per heavy atom. The highest BCUT2D eigenvalue weighted by Gasteiger charge is 2.02. The monoisotopic (exact) mass is 269 g/mol. The van der Waals surface area contributed by atoms with E-state index in [1.807, 2.05) is 12.1 Å². The number of rotatable bonds is 5. The van der Waals surface area contributed by atoms with Crippen LogP contribution in [0.3, 0.4) is 0 Å². The third kappa shape index (κ3) is 3.10. The first kappa shape index (κ1) is 12.1. The highest BCUT2D eigenvalue weighted by molar-refractivity contribution is 7.10. The fraction of sp³-hybridized carbons (Fsp3) is 0.133. The number of thiophene rings is 1. The van der Waals surface area contributed by atoms with Gasteiger partial charge in [0.2, 0.25) is 0 Å². The highest BCUT2D eigenvalue weighted by Crippen LogP contribution is 2.25. The first-order valence-electron chi connectivity index (χ1n) is 6.23. The topological polar surface area (TPSA) is 40.7 Å². The molecule has 3 rings (SSSR count). The van der Waals surface area contributed by atoms with Gasteiger partial charge in [-0.05, 0) is 28.6 Å². The first-order chi connectivity index (χ1) is 9.42. The van der Waals surface area contributed by atoms with Crippen molar-refractivity contribution in [2.45, 2.75) is 13.1 Å². The molecule has 0 aliphatic carbocycles. The summed E-state index contributed by atoms with van der Waals surface area (Å²) in [7, 11) is 0. The highest BCUT2D eigenvalue weighted by atomic mass is 32.1. The second kappa shape index (κ2) is 5.82. The van der Waals surface area contributed by atoms with E-state index in [2.05, 4.69) is 51.2 Å². The molecular weight excluding hydrogens is 254 g/mol. The Kier molecular flexibility index (Phi) is 3.72. The molecule has 0 saturated heterocycles. The summed E-state index contributed by atoms with van der Waals surface area (Å²) < 4.78 is 0. The number of H-pyrrole nitrogens is 1. The lowest BCUT2D eigenvalue weighted by atomic mass is 10.1. The zero-order valence-corrected chi connectivity index (χ0v) is 11.3.